The molecular weight excluding hydrogens is 561 g/mol. The van der Waals surface area contributed by atoms with Crippen molar-refractivity contribution < 1.29 is 22.7 Å². The first kappa shape index (κ1) is 30.3. The van der Waals surface area contributed by atoms with Crippen molar-refractivity contribution in [1.82, 2.24) is 10.2 Å². The number of nitrogens with zero attached hydrogens (tertiary/aromatic N) is 2. The quantitative estimate of drug-likeness (QED) is 0.314. The largest absolute Gasteiger partial charge is 0.495 e. The molecule has 0 heterocycles. The molecule has 0 aliphatic carbocycles. The van der Waals surface area contributed by atoms with Gasteiger partial charge < -0.3 is 15.0 Å². The molecule has 2 amide bonds. The predicted octanol–water partition coefficient (Wildman–Crippen LogP) is 5.14. The van der Waals surface area contributed by atoms with Crippen molar-refractivity contribution in [3.05, 3.63) is 88.4 Å². The molecule has 0 aromatic heterocycles. The molecule has 0 saturated carbocycles. The maximum atomic E-state index is 13.9. The predicted molar refractivity (Wildman–Crippen MR) is 154 cm³/mol. The topological polar surface area (TPSA) is 96.0 Å². The minimum Gasteiger partial charge on any atom is -0.495 e. The van der Waals surface area contributed by atoms with Crippen molar-refractivity contribution in [3.63, 3.8) is 0 Å². The van der Waals surface area contributed by atoms with Crippen LogP contribution in [-0.2, 0) is 26.2 Å². The second-order valence-corrected chi connectivity index (χ2v) is 11.4. The summed E-state index contributed by atoms with van der Waals surface area (Å²) in [5.74, 6) is -0.604. The highest BCUT2D eigenvalue weighted by molar-refractivity contribution is 7.92. The molecule has 39 heavy (non-hydrogen) atoms. The number of anilines is 1. The van der Waals surface area contributed by atoms with Crippen LogP contribution in [0.15, 0.2) is 77.7 Å². The molecular formula is C28H31Cl2N3O5S. The van der Waals surface area contributed by atoms with Gasteiger partial charge in [0.25, 0.3) is 10.0 Å². The van der Waals surface area contributed by atoms with E-state index in [0.717, 1.165) is 10.7 Å². The number of benzene rings is 3. The third-order valence-electron chi connectivity index (χ3n) is 6.05. The number of hydrogen-bond donors (Lipinski definition) is 1. The molecule has 208 valence electrons. The zero-order valence-electron chi connectivity index (χ0n) is 21.9. The molecule has 0 spiro atoms. The van der Waals surface area contributed by atoms with Crippen LogP contribution in [0.4, 0.5) is 5.69 Å². The summed E-state index contributed by atoms with van der Waals surface area (Å²) in [4.78, 5) is 28.1. The van der Waals surface area contributed by atoms with E-state index in [2.05, 4.69) is 5.32 Å². The maximum Gasteiger partial charge on any atom is 0.264 e. The average Bonchev–Trinajstić information content (AvgIpc) is 2.94. The Bertz CT molecular complexity index is 1400. The third kappa shape index (κ3) is 7.44. The number of carbonyl (C=O) groups excluding carboxylic acids is 2. The van der Waals surface area contributed by atoms with Gasteiger partial charge in [0, 0.05) is 18.1 Å². The Balaban J connectivity index is 2.05. The molecule has 1 atom stereocenters. The molecule has 3 aromatic rings. The summed E-state index contributed by atoms with van der Waals surface area (Å²) in [6.07, 6.45) is 0.720. The van der Waals surface area contributed by atoms with Crippen molar-refractivity contribution in [2.45, 2.75) is 37.8 Å². The lowest BCUT2D eigenvalue weighted by atomic mass is 10.1. The molecule has 3 rings (SSSR count). The monoisotopic (exact) mass is 591 g/mol. The molecule has 0 aliphatic rings. The van der Waals surface area contributed by atoms with Gasteiger partial charge in [0.1, 0.15) is 18.3 Å². The van der Waals surface area contributed by atoms with E-state index < -0.39 is 28.5 Å². The van der Waals surface area contributed by atoms with Crippen LogP contribution >= 0.6 is 23.2 Å². The van der Waals surface area contributed by atoms with E-state index in [9.17, 15) is 18.0 Å². The summed E-state index contributed by atoms with van der Waals surface area (Å²) in [6.45, 7) is 3.37. The van der Waals surface area contributed by atoms with Gasteiger partial charge in [0.15, 0.2) is 0 Å². The molecule has 0 aliphatic heterocycles. The highest BCUT2D eigenvalue weighted by atomic mass is 35.5. The number of methoxy groups -OCH3 is 1. The number of sulfonamides is 1. The number of rotatable bonds is 12. The molecule has 0 saturated heterocycles. The summed E-state index contributed by atoms with van der Waals surface area (Å²) in [5, 5.41) is 3.40. The van der Waals surface area contributed by atoms with Crippen LogP contribution in [0.1, 0.15) is 25.8 Å². The third-order valence-corrected chi connectivity index (χ3v) is 8.50. The van der Waals surface area contributed by atoms with Crippen molar-refractivity contribution in [2.75, 3.05) is 24.5 Å². The summed E-state index contributed by atoms with van der Waals surface area (Å²) in [6, 6.07) is 18.3. The van der Waals surface area contributed by atoms with E-state index in [1.807, 2.05) is 6.92 Å². The van der Waals surface area contributed by atoms with Gasteiger partial charge in [-0.15, -0.1) is 0 Å². The van der Waals surface area contributed by atoms with Crippen LogP contribution in [0, 0.1) is 0 Å². The minimum absolute atomic E-state index is 0.00180. The second-order valence-electron chi connectivity index (χ2n) is 8.72. The second kappa shape index (κ2) is 13.7. The number of carbonyl (C=O) groups is 2. The Morgan fingerprint density at radius 2 is 1.64 bits per heavy atom. The number of nitrogens with one attached hydrogen (secondary N) is 1. The highest BCUT2D eigenvalue weighted by Crippen LogP contribution is 2.32. The van der Waals surface area contributed by atoms with Crippen molar-refractivity contribution >= 4 is 50.7 Å². The van der Waals surface area contributed by atoms with Crippen LogP contribution in [0.3, 0.4) is 0 Å². The van der Waals surface area contributed by atoms with Gasteiger partial charge in [-0.25, -0.2) is 8.42 Å². The summed E-state index contributed by atoms with van der Waals surface area (Å²) in [7, 11) is -2.76. The Hall–Kier alpha value is -3.27. The van der Waals surface area contributed by atoms with Crippen molar-refractivity contribution in [3.8, 4) is 5.75 Å². The fraction of sp³-hybridized carbons (Fsp3) is 0.286. The number of amides is 2. The van der Waals surface area contributed by atoms with Gasteiger partial charge in [-0.1, -0.05) is 66.5 Å². The number of ether oxygens (including phenoxy) is 1. The number of halogens is 2. The van der Waals surface area contributed by atoms with Gasteiger partial charge >= 0.3 is 0 Å². The van der Waals surface area contributed by atoms with E-state index in [-0.39, 0.29) is 28.1 Å². The smallest absolute Gasteiger partial charge is 0.264 e. The molecule has 0 bridgehead atoms. The molecule has 3 aromatic carbocycles. The first-order chi connectivity index (χ1) is 18.6. The van der Waals surface area contributed by atoms with Gasteiger partial charge in [0.05, 0.1) is 22.7 Å². The van der Waals surface area contributed by atoms with E-state index in [1.54, 1.807) is 49.4 Å². The van der Waals surface area contributed by atoms with Crippen LogP contribution in [0.25, 0.3) is 0 Å². The van der Waals surface area contributed by atoms with E-state index in [1.165, 1.54) is 42.3 Å². The maximum absolute atomic E-state index is 13.9. The molecule has 11 heteroatoms. The van der Waals surface area contributed by atoms with Gasteiger partial charge in [-0.2, -0.15) is 0 Å². The normalized spacial score (nSPS) is 11.9. The zero-order valence-corrected chi connectivity index (χ0v) is 24.3. The highest BCUT2D eigenvalue weighted by Gasteiger charge is 2.33. The van der Waals surface area contributed by atoms with Crippen molar-refractivity contribution in [2.24, 2.45) is 0 Å². The lowest BCUT2D eigenvalue weighted by Gasteiger charge is -2.32. The van der Waals surface area contributed by atoms with Gasteiger partial charge in [-0.05, 0) is 55.3 Å². The standard InChI is InChI=1S/C28H31Cl2N3O5S/c1-4-16-31-28(35)20(2)32(18-21-10-8-9-13-24(21)29)27(34)19-33(22-14-15-26(38-3)25(30)17-22)39(36,37)23-11-6-5-7-12-23/h5-15,17,20H,4,16,18-19H2,1-3H3,(H,31,35)/t20-/m0/s1. The Morgan fingerprint density at radius 3 is 2.26 bits per heavy atom. The van der Waals surface area contributed by atoms with Crippen LogP contribution in [0.5, 0.6) is 5.75 Å². The summed E-state index contributed by atoms with van der Waals surface area (Å²) >= 11 is 12.7. The number of hydrogen-bond acceptors (Lipinski definition) is 5. The van der Waals surface area contributed by atoms with E-state index in [0.29, 0.717) is 22.9 Å². The lowest BCUT2D eigenvalue weighted by Crippen LogP contribution is -2.51. The van der Waals surface area contributed by atoms with Crippen LogP contribution < -0.4 is 14.4 Å². The summed E-state index contributed by atoms with van der Waals surface area (Å²) in [5.41, 5.74) is 0.784. The first-order valence-electron chi connectivity index (χ1n) is 12.3. The van der Waals surface area contributed by atoms with E-state index in [4.69, 9.17) is 27.9 Å². The molecule has 0 unspecified atom stereocenters. The summed E-state index contributed by atoms with van der Waals surface area (Å²) < 4.78 is 33.8. The Labute approximate surface area is 239 Å². The molecule has 0 radical (unpaired) electrons. The average molecular weight is 593 g/mol. The SMILES string of the molecule is CCCNC(=O)[C@H](C)N(Cc1ccccc1Cl)C(=O)CN(c1ccc(OC)c(Cl)c1)S(=O)(=O)c1ccccc1. The van der Waals surface area contributed by atoms with Gasteiger partial charge in [-0.3, -0.25) is 13.9 Å². The first-order valence-corrected chi connectivity index (χ1v) is 14.5. The Morgan fingerprint density at radius 1 is 0.974 bits per heavy atom. The van der Waals surface area contributed by atoms with Crippen LogP contribution in [0.2, 0.25) is 10.0 Å². The lowest BCUT2D eigenvalue weighted by molar-refractivity contribution is -0.139. The minimum atomic E-state index is -4.20. The molecule has 1 N–H and O–H groups in total. The van der Waals surface area contributed by atoms with Gasteiger partial charge in [0.2, 0.25) is 11.8 Å². The fourth-order valence-corrected chi connectivity index (χ4v) is 5.72. The van der Waals surface area contributed by atoms with Crippen molar-refractivity contribution in [1.29, 1.82) is 0 Å². The Kier molecular flexibility index (Phi) is 10.6. The fourth-order valence-electron chi connectivity index (χ4n) is 3.85. The molecule has 8 nitrogen and oxygen atoms in total. The zero-order chi connectivity index (χ0) is 28.6. The van der Waals surface area contributed by atoms with E-state index >= 15 is 0 Å². The van der Waals surface area contributed by atoms with Crippen LogP contribution in [-0.4, -0.2) is 51.4 Å². The molecule has 0 fully saturated rings.